The van der Waals surface area contributed by atoms with Crippen LogP contribution < -0.4 is 5.32 Å². The van der Waals surface area contributed by atoms with E-state index in [9.17, 15) is 5.11 Å². The standard InChI is InChI=1S/C19H20N4OS/c1-4-14-16(19(2,3)24)12-8-7-11(10-15(12)25-14)21-18-17-13(22-23-18)6-5-9-20-17/h5-10,24H,4H2,1-3H3,(H2,21,22,23). The zero-order valence-electron chi connectivity index (χ0n) is 14.4. The molecular formula is C19H20N4OS. The number of H-pyrrole nitrogens is 1. The number of nitrogens with zero attached hydrogens (tertiary/aromatic N) is 2. The van der Waals surface area contributed by atoms with Gasteiger partial charge in [0, 0.05) is 27.0 Å². The fourth-order valence-electron chi connectivity index (χ4n) is 3.22. The van der Waals surface area contributed by atoms with Gasteiger partial charge in [0.25, 0.3) is 0 Å². The van der Waals surface area contributed by atoms with Gasteiger partial charge in [-0.2, -0.15) is 5.10 Å². The average molecular weight is 352 g/mol. The average Bonchev–Trinajstić information content (AvgIpc) is 3.15. The Kier molecular flexibility index (Phi) is 3.74. The van der Waals surface area contributed by atoms with Gasteiger partial charge in [0.2, 0.25) is 0 Å². The molecular weight excluding hydrogens is 332 g/mol. The maximum Gasteiger partial charge on any atom is 0.178 e. The summed E-state index contributed by atoms with van der Waals surface area (Å²) in [6.07, 6.45) is 2.67. The predicted molar refractivity (Wildman–Crippen MR) is 104 cm³/mol. The zero-order valence-corrected chi connectivity index (χ0v) is 15.2. The van der Waals surface area contributed by atoms with Crippen molar-refractivity contribution in [3.8, 4) is 0 Å². The molecule has 3 heterocycles. The highest BCUT2D eigenvalue weighted by Gasteiger charge is 2.24. The van der Waals surface area contributed by atoms with Crippen LogP contribution in [0.1, 0.15) is 31.2 Å². The van der Waals surface area contributed by atoms with Crippen LogP contribution in [-0.2, 0) is 12.0 Å². The molecule has 0 saturated heterocycles. The van der Waals surface area contributed by atoms with Crippen LogP contribution in [0.5, 0.6) is 0 Å². The van der Waals surface area contributed by atoms with E-state index < -0.39 is 5.60 Å². The first-order valence-electron chi connectivity index (χ1n) is 8.31. The molecule has 3 aromatic heterocycles. The Morgan fingerprint density at radius 2 is 2.12 bits per heavy atom. The molecule has 1 aromatic carbocycles. The first-order valence-corrected chi connectivity index (χ1v) is 9.13. The first-order chi connectivity index (χ1) is 12.0. The summed E-state index contributed by atoms with van der Waals surface area (Å²) in [5.74, 6) is 0.713. The molecule has 4 rings (SSSR count). The van der Waals surface area contributed by atoms with Crippen LogP contribution in [0, 0.1) is 0 Å². The number of hydrogen-bond donors (Lipinski definition) is 3. The van der Waals surface area contributed by atoms with Crippen molar-refractivity contribution in [3.05, 3.63) is 47.0 Å². The number of fused-ring (bicyclic) bond motifs is 2. The number of pyridine rings is 1. The molecule has 0 fully saturated rings. The number of anilines is 2. The topological polar surface area (TPSA) is 73.8 Å². The second kappa shape index (κ2) is 5.82. The lowest BCUT2D eigenvalue weighted by Gasteiger charge is -2.19. The van der Waals surface area contributed by atoms with E-state index in [1.54, 1.807) is 17.5 Å². The lowest BCUT2D eigenvalue weighted by atomic mass is 9.94. The van der Waals surface area contributed by atoms with Crippen molar-refractivity contribution < 1.29 is 5.11 Å². The van der Waals surface area contributed by atoms with Gasteiger partial charge in [-0.3, -0.25) is 10.1 Å². The number of aromatic nitrogens is 3. The van der Waals surface area contributed by atoms with Crippen molar-refractivity contribution in [2.24, 2.45) is 0 Å². The minimum Gasteiger partial charge on any atom is -0.386 e. The van der Waals surface area contributed by atoms with Gasteiger partial charge < -0.3 is 10.4 Å². The minimum atomic E-state index is -0.846. The molecule has 0 spiro atoms. The van der Waals surface area contributed by atoms with Crippen LogP contribution in [0.2, 0.25) is 0 Å². The van der Waals surface area contributed by atoms with Crippen molar-refractivity contribution in [2.75, 3.05) is 5.32 Å². The summed E-state index contributed by atoms with van der Waals surface area (Å²) in [7, 11) is 0. The molecule has 0 aliphatic rings. The number of aryl methyl sites for hydroxylation is 1. The van der Waals surface area contributed by atoms with E-state index in [1.807, 2.05) is 32.0 Å². The van der Waals surface area contributed by atoms with Gasteiger partial charge in [0.15, 0.2) is 5.82 Å². The lowest BCUT2D eigenvalue weighted by Crippen LogP contribution is -2.16. The number of benzene rings is 1. The highest BCUT2D eigenvalue weighted by molar-refractivity contribution is 7.19. The van der Waals surface area contributed by atoms with Crippen LogP contribution in [0.15, 0.2) is 36.5 Å². The van der Waals surface area contributed by atoms with Crippen LogP contribution in [-0.4, -0.2) is 20.3 Å². The van der Waals surface area contributed by atoms with E-state index in [0.717, 1.165) is 38.8 Å². The Hall–Kier alpha value is -2.44. The Balaban J connectivity index is 1.77. The van der Waals surface area contributed by atoms with Crippen LogP contribution >= 0.6 is 11.3 Å². The zero-order chi connectivity index (χ0) is 17.6. The van der Waals surface area contributed by atoms with Crippen LogP contribution in [0.4, 0.5) is 11.5 Å². The highest BCUT2D eigenvalue weighted by Crippen LogP contribution is 2.39. The largest absolute Gasteiger partial charge is 0.386 e. The van der Waals surface area contributed by atoms with Crippen molar-refractivity contribution >= 4 is 44.0 Å². The fraction of sp³-hybridized carbons (Fsp3) is 0.263. The van der Waals surface area contributed by atoms with E-state index in [-0.39, 0.29) is 0 Å². The van der Waals surface area contributed by atoms with Gasteiger partial charge >= 0.3 is 0 Å². The third-order valence-electron chi connectivity index (χ3n) is 4.28. The van der Waals surface area contributed by atoms with Gasteiger partial charge in [-0.25, -0.2) is 0 Å². The molecule has 3 N–H and O–H groups in total. The summed E-state index contributed by atoms with van der Waals surface area (Å²) in [6, 6.07) is 10.0. The van der Waals surface area contributed by atoms with Gasteiger partial charge in [0.1, 0.15) is 5.52 Å². The van der Waals surface area contributed by atoms with Gasteiger partial charge in [-0.15, -0.1) is 11.3 Å². The Morgan fingerprint density at radius 3 is 2.88 bits per heavy atom. The number of thiophene rings is 1. The second-order valence-corrected chi connectivity index (χ2v) is 7.76. The lowest BCUT2D eigenvalue weighted by molar-refractivity contribution is 0.0798. The first kappa shape index (κ1) is 16.1. The molecule has 0 amide bonds. The molecule has 5 nitrogen and oxygen atoms in total. The molecule has 128 valence electrons. The Labute approximate surface area is 149 Å². The van der Waals surface area contributed by atoms with Crippen LogP contribution in [0.3, 0.4) is 0 Å². The van der Waals surface area contributed by atoms with Crippen molar-refractivity contribution in [1.82, 2.24) is 15.2 Å². The SMILES string of the molecule is CCc1sc2cc(Nc3n[nH]c4cccnc34)ccc2c1C(C)(C)O. The molecule has 0 aliphatic heterocycles. The van der Waals surface area contributed by atoms with Crippen LogP contribution in [0.25, 0.3) is 21.1 Å². The third-order valence-corrected chi connectivity index (χ3v) is 5.58. The van der Waals surface area contributed by atoms with Crippen molar-refractivity contribution in [3.63, 3.8) is 0 Å². The molecule has 0 atom stereocenters. The van der Waals surface area contributed by atoms with Crippen molar-refractivity contribution in [2.45, 2.75) is 32.8 Å². The van der Waals surface area contributed by atoms with Gasteiger partial charge in [0.05, 0.1) is 11.1 Å². The van der Waals surface area contributed by atoms with Gasteiger partial charge in [-0.05, 0) is 49.9 Å². The molecule has 0 bridgehead atoms. The maximum absolute atomic E-state index is 10.6. The number of aliphatic hydroxyl groups is 1. The van der Waals surface area contributed by atoms with Gasteiger partial charge in [-0.1, -0.05) is 13.0 Å². The smallest absolute Gasteiger partial charge is 0.178 e. The second-order valence-electron chi connectivity index (χ2n) is 6.62. The van der Waals surface area contributed by atoms with E-state index in [4.69, 9.17) is 0 Å². The summed E-state index contributed by atoms with van der Waals surface area (Å²) < 4.78 is 1.16. The number of nitrogens with one attached hydrogen (secondary N) is 2. The summed E-state index contributed by atoms with van der Waals surface area (Å²) in [5, 5.41) is 22.3. The minimum absolute atomic E-state index is 0.713. The molecule has 0 unspecified atom stereocenters. The number of hydrogen-bond acceptors (Lipinski definition) is 5. The van der Waals surface area contributed by atoms with E-state index in [1.165, 1.54) is 4.88 Å². The van der Waals surface area contributed by atoms with E-state index in [0.29, 0.717) is 5.82 Å². The monoisotopic (exact) mass is 352 g/mol. The highest BCUT2D eigenvalue weighted by atomic mass is 32.1. The van der Waals surface area contributed by atoms with E-state index in [2.05, 4.69) is 39.6 Å². The maximum atomic E-state index is 10.6. The summed E-state index contributed by atoms with van der Waals surface area (Å²) in [4.78, 5) is 5.61. The summed E-state index contributed by atoms with van der Waals surface area (Å²) in [6.45, 7) is 5.82. The molecule has 0 saturated carbocycles. The Morgan fingerprint density at radius 1 is 1.28 bits per heavy atom. The summed E-state index contributed by atoms with van der Waals surface area (Å²) in [5.41, 5.74) is 2.87. The third kappa shape index (κ3) is 2.77. The molecule has 0 aliphatic carbocycles. The molecule has 0 radical (unpaired) electrons. The molecule has 4 aromatic rings. The number of aromatic amines is 1. The van der Waals surface area contributed by atoms with E-state index >= 15 is 0 Å². The van der Waals surface area contributed by atoms with Crippen molar-refractivity contribution in [1.29, 1.82) is 0 Å². The Bertz CT molecular complexity index is 1060. The quantitative estimate of drug-likeness (QED) is 0.497. The normalized spacial score (nSPS) is 12.2. The molecule has 6 heteroatoms. The number of rotatable bonds is 4. The fourth-order valence-corrected chi connectivity index (χ4v) is 4.56. The predicted octanol–water partition coefficient (Wildman–Crippen LogP) is 4.71. The molecule has 25 heavy (non-hydrogen) atoms. The summed E-state index contributed by atoms with van der Waals surface area (Å²) >= 11 is 1.74.